The number of hydrogen-bond acceptors (Lipinski definition) is 3. The number of rotatable bonds is 3. The highest BCUT2D eigenvalue weighted by atomic mass is 16.1. The smallest absolute Gasteiger partial charge is 0.142 e. The van der Waals surface area contributed by atoms with Gasteiger partial charge in [-0.1, -0.05) is 55.2 Å². The summed E-state index contributed by atoms with van der Waals surface area (Å²) in [5.74, 6) is 3.41. The Morgan fingerprint density at radius 3 is 1.30 bits per heavy atom. The van der Waals surface area contributed by atoms with Gasteiger partial charge in [-0.2, -0.15) is 0 Å². The first-order chi connectivity index (χ1) is 13.2. The molecule has 0 saturated heterocycles. The molecule has 5 aliphatic rings. The number of fused-ring (bicyclic) bond motifs is 4. The first kappa shape index (κ1) is 21.0. The summed E-state index contributed by atoms with van der Waals surface area (Å²) in [5.41, 5.74) is 0. The van der Waals surface area contributed by atoms with Gasteiger partial charge in [-0.15, -0.1) is 0 Å². The van der Waals surface area contributed by atoms with Crippen molar-refractivity contribution in [2.45, 2.75) is 32.1 Å². The summed E-state index contributed by atoms with van der Waals surface area (Å²) < 4.78 is 0. The van der Waals surface area contributed by atoms with Crippen LogP contribution in [0.25, 0.3) is 0 Å². The van der Waals surface area contributed by atoms with Crippen molar-refractivity contribution in [2.75, 3.05) is 0 Å². The summed E-state index contributed by atoms with van der Waals surface area (Å²) in [5, 5.41) is 0. The van der Waals surface area contributed by atoms with E-state index in [2.05, 4.69) is 55.2 Å². The van der Waals surface area contributed by atoms with Crippen molar-refractivity contribution >= 4 is 18.9 Å². The Morgan fingerprint density at radius 2 is 1.15 bits per heavy atom. The van der Waals surface area contributed by atoms with E-state index in [1.807, 2.05) is 0 Å². The third-order valence-corrected chi connectivity index (χ3v) is 5.76. The average molecular weight is 367 g/mol. The molecule has 2 fully saturated rings. The van der Waals surface area contributed by atoms with Crippen molar-refractivity contribution in [3.63, 3.8) is 0 Å². The molecule has 2 saturated carbocycles. The summed E-state index contributed by atoms with van der Waals surface area (Å²) in [7, 11) is 0. The molecular formula is C24H30O3. The molecule has 144 valence electrons. The monoisotopic (exact) mass is 366 g/mol. The standard InChI is InChI=1S/2C8H10O.C5H6.C3H4O/c2*9-5-8-4-6-1-2-7(8)3-6;1-2-4-5-3-1;1-2-3-4/h2*1-2,5-8H,3-4H2;1-4H,5H2;2-3H,1H2. The zero-order valence-electron chi connectivity index (χ0n) is 15.9. The minimum atomic E-state index is 0.361. The Hall–Kier alpha value is -2.29. The molecule has 5 rings (SSSR count). The molecular weight excluding hydrogens is 336 g/mol. The topological polar surface area (TPSA) is 51.2 Å². The van der Waals surface area contributed by atoms with Crippen LogP contribution >= 0.6 is 0 Å². The maximum absolute atomic E-state index is 10.4. The lowest BCUT2D eigenvalue weighted by molar-refractivity contribution is -0.112. The molecule has 0 amide bonds. The van der Waals surface area contributed by atoms with Crippen LogP contribution in [-0.4, -0.2) is 18.9 Å². The molecule has 4 bridgehead atoms. The number of aldehydes is 3. The zero-order chi connectivity index (χ0) is 19.5. The number of carbonyl (C=O) groups excluding carboxylic acids is 3. The Bertz CT molecular complexity index is 572. The third-order valence-electron chi connectivity index (χ3n) is 5.76. The summed E-state index contributed by atoms with van der Waals surface area (Å²) in [4.78, 5) is 29.8. The lowest BCUT2D eigenvalue weighted by atomic mass is 9.95. The third kappa shape index (κ3) is 6.42. The number of allylic oxidation sites excluding steroid dienone is 9. The molecule has 5 aliphatic carbocycles. The van der Waals surface area contributed by atoms with Crippen LogP contribution in [0.4, 0.5) is 0 Å². The molecule has 0 heterocycles. The number of hydrogen-bond donors (Lipinski definition) is 0. The quantitative estimate of drug-likeness (QED) is 0.414. The van der Waals surface area contributed by atoms with Gasteiger partial charge in [-0.05, 0) is 61.9 Å². The van der Waals surface area contributed by atoms with E-state index in [0.29, 0.717) is 30.0 Å². The summed E-state index contributed by atoms with van der Waals surface area (Å²) >= 11 is 0. The lowest BCUT2D eigenvalue weighted by Gasteiger charge is -2.08. The summed E-state index contributed by atoms with van der Waals surface area (Å²) in [6.45, 7) is 3.11. The van der Waals surface area contributed by atoms with E-state index >= 15 is 0 Å². The van der Waals surface area contributed by atoms with Crippen molar-refractivity contribution in [1.29, 1.82) is 0 Å². The van der Waals surface area contributed by atoms with Gasteiger partial charge >= 0.3 is 0 Å². The van der Waals surface area contributed by atoms with Crippen molar-refractivity contribution in [2.24, 2.45) is 35.5 Å². The van der Waals surface area contributed by atoms with E-state index < -0.39 is 0 Å². The van der Waals surface area contributed by atoms with Crippen LogP contribution in [-0.2, 0) is 14.4 Å². The first-order valence-electron chi connectivity index (χ1n) is 9.86. The molecule has 0 spiro atoms. The number of carbonyl (C=O) groups is 3. The Morgan fingerprint density at radius 1 is 0.704 bits per heavy atom. The van der Waals surface area contributed by atoms with Gasteiger partial charge in [-0.25, -0.2) is 0 Å². The molecule has 0 radical (unpaired) electrons. The van der Waals surface area contributed by atoms with Crippen molar-refractivity contribution in [3.8, 4) is 0 Å². The minimum absolute atomic E-state index is 0.361. The molecule has 0 aromatic carbocycles. The van der Waals surface area contributed by atoms with Gasteiger partial charge < -0.3 is 9.59 Å². The highest BCUT2D eigenvalue weighted by Gasteiger charge is 2.35. The van der Waals surface area contributed by atoms with Crippen LogP contribution in [0.15, 0.2) is 61.3 Å². The van der Waals surface area contributed by atoms with Gasteiger partial charge in [0.25, 0.3) is 0 Å². The van der Waals surface area contributed by atoms with Crippen LogP contribution in [0, 0.1) is 35.5 Å². The molecule has 0 aromatic heterocycles. The van der Waals surface area contributed by atoms with Crippen LogP contribution in [0.5, 0.6) is 0 Å². The lowest BCUT2D eigenvalue weighted by Crippen LogP contribution is -2.07. The van der Waals surface area contributed by atoms with E-state index in [9.17, 15) is 9.59 Å². The highest BCUT2D eigenvalue weighted by Crippen LogP contribution is 2.42. The fraction of sp³-hybridized carbons (Fsp3) is 0.458. The van der Waals surface area contributed by atoms with Crippen LogP contribution < -0.4 is 0 Å². The minimum Gasteiger partial charge on any atom is -0.303 e. The Kier molecular flexibility index (Phi) is 8.90. The Balaban J connectivity index is 0.000000137. The fourth-order valence-electron chi connectivity index (χ4n) is 4.35. The second kappa shape index (κ2) is 11.4. The first-order valence-corrected chi connectivity index (χ1v) is 9.86. The second-order valence-corrected chi connectivity index (χ2v) is 7.62. The Labute approximate surface area is 162 Å². The predicted molar refractivity (Wildman–Crippen MR) is 109 cm³/mol. The highest BCUT2D eigenvalue weighted by molar-refractivity contribution is 5.63. The summed E-state index contributed by atoms with van der Waals surface area (Å²) in [6, 6.07) is 0. The molecule has 0 aliphatic heterocycles. The molecule has 27 heavy (non-hydrogen) atoms. The SMILES string of the molecule is C1=CCC=C1.C=CC=O.O=CC1CC2C=CC1C2.O=CC1CC2C=CC1C2. The van der Waals surface area contributed by atoms with Crippen molar-refractivity contribution < 1.29 is 14.4 Å². The van der Waals surface area contributed by atoms with E-state index in [4.69, 9.17) is 4.79 Å². The molecule has 0 N–H and O–H groups in total. The maximum atomic E-state index is 10.4. The normalized spacial score (nSPS) is 34.7. The van der Waals surface area contributed by atoms with E-state index in [0.717, 1.165) is 43.7 Å². The van der Waals surface area contributed by atoms with E-state index in [-0.39, 0.29) is 0 Å². The van der Waals surface area contributed by atoms with Crippen LogP contribution in [0.3, 0.4) is 0 Å². The summed E-state index contributed by atoms with van der Waals surface area (Å²) in [6.07, 6.45) is 27.2. The molecule has 3 heteroatoms. The molecule has 0 aromatic rings. The largest absolute Gasteiger partial charge is 0.303 e. The average Bonchev–Trinajstić information content (AvgIpc) is 3.55. The zero-order valence-corrected chi connectivity index (χ0v) is 15.9. The van der Waals surface area contributed by atoms with Gasteiger partial charge in [0.05, 0.1) is 0 Å². The van der Waals surface area contributed by atoms with Gasteiger partial charge in [-0.3, -0.25) is 4.79 Å². The maximum Gasteiger partial charge on any atom is 0.142 e. The molecule has 6 atom stereocenters. The van der Waals surface area contributed by atoms with Gasteiger partial charge in [0.1, 0.15) is 18.9 Å². The van der Waals surface area contributed by atoms with Crippen molar-refractivity contribution in [3.05, 3.63) is 61.3 Å². The van der Waals surface area contributed by atoms with Gasteiger partial charge in [0.2, 0.25) is 0 Å². The van der Waals surface area contributed by atoms with E-state index in [1.165, 1.54) is 18.9 Å². The van der Waals surface area contributed by atoms with E-state index in [1.54, 1.807) is 0 Å². The van der Waals surface area contributed by atoms with Crippen LogP contribution in [0.1, 0.15) is 32.1 Å². The van der Waals surface area contributed by atoms with Crippen LogP contribution in [0.2, 0.25) is 0 Å². The molecule has 6 unspecified atom stereocenters. The van der Waals surface area contributed by atoms with Gasteiger partial charge in [0, 0.05) is 11.8 Å². The van der Waals surface area contributed by atoms with Crippen molar-refractivity contribution in [1.82, 2.24) is 0 Å². The second-order valence-electron chi connectivity index (χ2n) is 7.62. The molecule has 3 nitrogen and oxygen atoms in total. The fourth-order valence-corrected chi connectivity index (χ4v) is 4.35. The predicted octanol–water partition coefficient (Wildman–Crippen LogP) is 4.67. The van der Waals surface area contributed by atoms with Gasteiger partial charge in [0.15, 0.2) is 0 Å².